The van der Waals surface area contributed by atoms with E-state index in [9.17, 15) is 13.2 Å². The fourth-order valence-corrected chi connectivity index (χ4v) is 3.27. The van der Waals surface area contributed by atoms with Crippen molar-refractivity contribution in [2.24, 2.45) is 0 Å². The number of anilines is 1. The topological polar surface area (TPSA) is 123 Å². The number of rotatable bonds is 6. The molecule has 3 aromatic heterocycles. The SMILES string of the molecule is Cc1ccc(-c2noc(CN(C)S(C)(=O)=O)n2)cc1NC(=O)c1cnc2ccccn12. The Kier molecular flexibility index (Phi) is 5.29. The Balaban J connectivity index is 1.57. The van der Waals surface area contributed by atoms with Crippen LogP contribution in [0, 0.1) is 6.92 Å². The number of pyridine rings is 1. The van der Waals surface area contributed by atoms with Crippen LogP contribution in [0.5, 0.6) is 0 Å². The monoisotopic (exact) mass is 440 g/mol. The Morgan fingerprint density at radius 1 is 1.26 bits per heavy atom. The number of nitrogens with one attached hydrogen (secondary N) is 1. The van der Waals surface area contributed by atoms with Gasteiger partial charge in [-0.3, -0.25) is 9.20 Å². The van der Waals surface area contributed by atoms with E-state index in [1.165, 1.54) is 13.2 Å². The summed E-state index contributed by atoms with van der Waals surface area (Å²) in [7, 11) is -1.94. The number of fused-ring (bicyclic) bond motifs is 1. The van der Waals surface area contributed by atoms with Crippen LogP contribution in [0.4, 0.5) is 5.69 Å². The first-order valence-corrected chi connectivity index (χ1v) is 11.2. The highest BCUT2D eigenvalue weighted by Gasteiger charge is 2.18. The lowest BCUT2D eigenvalue weighted by atomic mass is 10.1. The lowest BCUT2D eigenvalue weighted by Gasteiger charge is -2.10. The number of aryl methyl sites for hydroxylation is 1. The standard InChI is InChI=1S/C20H20N6O4S/c1-13-7-8-14(19-23-18(30-24-19)12-25(2)31(3,28)29)10-15(13)22-20(27)16-11-21-17-6-4-5-9-26(16)17/h4-11H,12H2,1-3H3,(H,22,27). The van der Waals surface area contributed by atoms with Gasteiger partial charge in [0.05, 0.1) is 19.0 Å². The first-order valence-electron chi connectivity index (χ1n) is 9.31. The van der Waals surface area contributed by atoms with Crippen molar-refractivity contribution < 1.29 is 17.7 Å². The number of sulfonamides is 1. The van der Waals surface area contributed by atoms with Crippen LogP contribution in [0.25, 0.3) is 17.0 Å². The zero-order chi connectivity index (χ0) is 22.2. The van der Waals surface area contributed by atoms with Crippen LogP contribution in [0.1, 0.15) is 21.9 Å². The number of hydrogen-bond donors (Lipinski definition) is 1. The number of nitrogens with zero attached hydrogens (tertiary/aromatic N) is 5. The Morgan fingerprint density at radius 2 is 2.06 bits per heavy atom. The Hall–Kier alpha value is -3.57. The minimum absolute atomic E-state index is 0.0322. The van der Waals surface area contributed by atoms with Gasteiger partial charge in [0.25, 0.3) is 5.91 Å². The van der Waals surface area contributed by atoms with Crippen molar-refractivity contribution in [2.75, 3.05) is 18.6 Å². The van der Waals surface area contributed by atoms with Crippen molar-refractivity contribution in [3.8, 4) is 11.4 Å². The molecule has 0 aliphatic carbocycles. The molecular formula is C20H20N6O4S. The second kappa shape index (κ2) is 7.93. The summed E-state index contributed by atoms with van der Waals surface area (Å²) in [4.78, 5) is 21.3. The number of aromatic nitrogens is 4. The second-order valence-corrected chi connectivity index (χ2v) is 9.18. The predicted molar refractivity (Wildman–Crippen MR) is 114 cm³/mol. The van der Waals surface area contributed by atoms with Gasteiger partial charge in [-0.2, -0.15) is 9.29 Å². The molecule has 0 saturated carbocycles. The Bertz CT molecular complexity index is 1380. The fraction of sp³-hybridized carbons (Fsp3) is 0.200. The van der Waals surface area contributed by atoms with E-state index in [0.717, 1.165) is 16.1 Å². The minimum Gasteiger partial charge on any atom is -0.338 e. The molecular weight excluding hydrogens is 420 g/mol. The first kappa shape index (κ1) is 20.7. The summed E-state index contributed by atoms with van der Waals surface area (Å²) >= 11 is 0. The van der Waals surface area contributed by atoms with Gasteiger partial charge in [0.15, 0.2) is 0 Å². The van der Waals surface area contributed by atoms with Gasteiger partial charge in [-0.05, 0) is 30.7 Å². The van der Waals surface area contributed by atoms with E-state index >= 15 is 0 Å². The minimum atomic E-state index is -3.37. The zero-order valence-corrected chi connectivity index (χ0v) is 17.9. The lowest BCUT2D eigenvalue weighted by molar-refractivity contribution is 0.102. The third kappa shape index (κ3) is 4.32. The molecule has 11 heteroatoms. The molecule has 0 aliphatic heterocycles. The van der Waals surface area contributed by atoms with Crippen molar-refractivity contribution in [2.45, 2.75) is 13.5 Å². The van der Waals surface area contributed by atoms with Gasteiger partial charge < -0.3 is 9.84 Å². The quantitative estimate of drug-likeness (QED) is 0.488. The molecule has 1 aromatic carbocycles. The van der Waals surface area contributed by atoms with Crippen LogP contribution >= 0.6 is 0 Å². The van der Waals surface area contributed by atoms with Crippen LogP contribution in [-0.4, -0.2) is 51.5 Å². The highest BCUT2D eigenvalue weighted by Crippen LogP contribution is 2.24. The van der Waals surface area contributed by atoms with Gasteiger partial charge in [0, 0.05) is 24.5 Å². The van der Waals surface area contributed by atoms with Crippen molar-refractivity contribution in [3.05, 3.63) is 65.9 Å². The van der Waals surface area contributed by atoms with Crippen LogP contribution in [0.2, 0.25) is 0 Å². The third-order valence-corrected chi connectivity index (χ3v) is 6.05. The molecule has 0 aliphatic rings. The molecule has 1 N–H and O–H groups in total. The van der Waals surface area contributed by atoms with Crippen LogP contribution in [-0.2, 0) is 16.6 Å². The summed E-state index contributed by atoms with van der Waals surface area (Å²) in [6.45, 7) is 1.84. The predicted octanol–water partition coefficient (Wildman–Crippen LogP) is 2.34. The lowest BCUT2D eigenvalue weighted by Crippen LogP contribution is -2.25. The van der Waals surface area contributed by atoms with Gasteiger partial charge in [0.1, 0.15) is 11.3 Å². The third-order valence-electron chi connectivity index (χ3n) is 4.79. The maximum absolute atomic E-state index is 12.8. The smallest absolute Gasteiger partial charge is 0.274 e. The summed E-state index contributed by atoms with van der Waals surface area (Å²) in [5.74, 6) is 0.157. The highest BCUT2D eigenvalue weighted by molar-refractivity contribution is 7.88. The van der Waals surface area contributed by atoms with Gasteiger partial charge in [-0.15, -0.1) is 0 Å². The molecule has 0 fully saturated rings. The van der Waals surface area contributed by atoms with Crippen molar-refractivity contribution in [1.29, 1.82) is 0 Å². The summed E-state index contributed by atoms with van der Waals surface area (Å²) < 4.78 is 31.1. The van der Waals surface area contributed by atoms with E-state index in [1.807, 2.05) is 31.2 Å². The van der Waals surface area contributed by atoms with E-state index in [-0.39, 0.29) is 18.3 Å². The average molecular weight is 440 g/mol. The number of carbonyl (C=O) groups is 1. The molecule has 31 heavy (non-hydrogen) atoms. The van der Waals surface area contributed by atoms with Crippen molar-refractivity contribution >= 4 is 27.3 Å². The van der Waals surface area contributed by atoms with Crippen LogP contribution in [0.15, 0.2) is 53.3 Å². The van der Waals surface area contributed by atoms with E-state index in [1.54, 1.807) is 22.7 Å². The summed E-state index contributed by atoms with van der Waals surface area (Å²) in [6.07, 6.45) is 4.39. The zero-order valence-electron chi connectivity index (χ0n) is 17.1. The van der Waals surface area contributed by atoms with Gasteiger partial charge in [-0.1, -0.05) is 23.4 Å². The summed E-state index contributed by atoms with van der Waals surface area (Å²) in [5.41, 5.74) is 3.15. The van der Waals surface area contributed by atoms with Crippen LogP contribution < -0.4 is 5.32 Å². The summed E-state index contributed by atoms with van der Waals surface area (Å²) in [6, 6.07) is 10.9. The molecule has 4 rings (SSSR count). The molecule has 0 atom stereocenters. The maximum Gasteiger partial charge on any atom is 0.274 e. The normalized spacial score (nSPS) is 11.9. The molecule has 3 heterocycles. The molecule has 160 valence electrons. The molecule has 0 unspecified atom stereocenters. The van der Waals surface area contributed by atoms with Crippen molar-refractivity contribution in [1.82, 2.24) is 23.8 Å². The van der Waals surface area contributed by atoms with Gasteiger partial charge in [-0.25, -0.2) is 13.4 Å². The van der Waals surface area contributed by atoms with Crippen LogP contribution in [0.3, 0.4) is 0 Å². The Morgan fingerprint density at radius 3 is 2.84 bits per heavy atom. The summed E-state index contributed by atoms with van der Waals surface area (Å²) in [5, 5.41) is 6.83. The average Bonchev–Trinajstić information content (AvgIpc) is 3.36. The molecule has 4 aromatic rings. The second-order valence-electron chi connectivity index (χ2n) is 7.09. The number of amides is 1. The van der Waals surface area contributed by atoms with Crippen molar-refractivity contribution in [3.63, 3.8) is 0 Å². The fourth-order valence-electron chi connectivity index (χ4n) is 2.93. The number of benzene rings is 1. The van der Waals surface area contributed by atoms with E-state index in [4.69, 9.17) is 4.52 Å². The maximum atomic E-state index is 12.8. The van der Waals surface area contributed by atoms with E-state index < -0.39 is 10.0 Å². The molecule has 0 spiro atoms. The molecule has 0 saturated heterocycles. The molecule has 0 radical (unpaired) electrons. The highest BCUT2D eigenvalue weighted by atomic mass is 32.2. The van der Waals surface area contributed by atoms with E-state index in [2.05, 4.69) is 20.4 Å². The first-order chi connectivity index (χ1) is 14.7. The number of carbonyl (C=O) groups excluding carboxylic acids is 1. The van der Waals surface area contributed by atoms with Gasteiger partial charge in [0.2, 0.25) is 21.7 Å². The Labute approximate surface area is 178 Å². The van der Waals surface area contributed by atoms with E-state index in [0.29, 0.717) is 28.4 Å². The molecule has 1 amide bonds. The number of hydrogen-bond acceptors (Lipinski definition) is 7. The van der Waals surface area contributed by atoms with Gasteiger partial charge >= 0.3 is 0 Å². The number of imidazole rings is 1. The molecule has 10 nitrogen and oxygen atoms in total. The largest absolute Gasteiger partial charge is 0.338 e. The molecule has 0 bridgehead atoms.